The molecule has 8 nitrogen and oxygen atoms in total. The number of aromatic nitrogens is 3. The van der Waals surface area contributed by atoms with E-state index in [-0.39, 0.29) is 4.90 Å². The summed E-state index contributed by atoms with van der Waals surface area (Å²) < 4.78 is 41.3. The van der Waals surface area contributed by atoms with Gasteiger partial charge in [0.2, 0.25) is 5.88 Å². The van der Waals surface area contributed by atoms with Crippen molar-refractivity contribution in [1.82, 2.24) is 14.5 Å². The Balaban J connectivity index is 1.31. The Labute approximate surface area is 185 Å². The second kappa shape index (κ2) is 8.01. The van der Waals surface area contributed by atoms with Gasteiger partial charge in [0.1, 0.15) is 23.1 Å². The summed E-state index contributed by atoms with van der Waals surface area (Å²) in [6.07, 6.45) is 4.49. The molecule has 0 fully saturated rings. The topological polar surface area (TPSA) is 95.3 Å². The summed E-state index contributed by atoms with van der Waals surface area (Å²) in [5.41, 5.74) is 1.33. The molecule has 1 N–H and O–H groups in total. The van der Waals surface area contributed by atoms with Gasteiger partial charge in [-0.25, -0.2) is 13.4 Å². The molecule has 1 aliphatic rings. The Hall–Kier alpha value is -3.85. The highest BCUT2D eigenvalue weighted by Crippen LogP contribution is 2.29. The first kappa shape index (κ1) is 20.1. The van der Waals surface area contributed by atoms with Gasteiger partial charge in [0.25, 0.3) is 10.0 Å². The van der Waals surface area contributed by atoms with E-state index < -0.39 is 10.0 Å². The van der Waals surface area contributed by atoms with Crippen molar-refractivity contribution in [3.05, 3.63) is 84.4 Å². The highest BCUT2D eigenvalue weighted by Gasteiger charge is 2.19. The molecule has 9 heteroatoms. The Morgan fingerprint density at radius 3 is 2.59 bits per heavy atom. The monoisotopic (exact) mass is 448 g/mol. The van der Waals surface area contributed by atoms with E-state index in [1.165, 1.54) is 0 Å². The van der Waals surface area contributed by atoms with Crippen molar-refractivity contribution in [2.75, 3.05) is 11.3 Å². The van der Waals surface area contributed by atoms with Crippen LogP contribution in [0.15, 0.2) is 78.0 Å². The maximum Gasteiger partial charge on any atom is 0.261 e. The molecule has 2 aromatic carbocycles. The molecule has 3 heterocycles. The van der Waals surface area contributed by atoms with Gasteiger partial charge in [-0.05, 0) is 67.1 Å². The highest BCUT2D eigenvalue weighted by molar-refractivity contribution is 7.92. The van der Waals surface area contributed by atoms with Gasteiger partial charge in [0.15, 0.2) is 0 Å². The SMILES string of the molecule is Cc1nc(Oc2ccc(NS(=O)(=O)c3ccc4c(c3)CCO4)cc2)cc(-n2cccc2)n1. The molecule has 4 aromatic rings. The summed E-state index contributed by atoms with van der Waals surface area (Å²) in [5.74, 6) is 2.94. The van der Waals surface area contributed by atoms with Crippen molar-refractivity contribution < 1.29 is 17.9 Å². The summed E-state index contributed by atoms with van der Waals surface area (Å²) in [7, 11) is -3.71. The fourth-order valence-electron chi connectivity index (χ4n) is 3.45. The molecule has 0 amide bonds. The second-order valence-electron chi connectivity index (χ2n) is 7.30. The molecule has 0 atom stereocenters. The lowest BCUT2D eigenvalue weighted by molar-refractivity contribution is 0.356. The molecular weight excluding hydrogens is 428 g/mol. The van der Waals surface area contributed by atoms with Gasteiger partial charge in [-0.2, -0.15) is 4.98 Å². The Kier molecular flexibility index (Phi) is 5.02. The third kappa shape index (κ3) is 4.15. The number of nitrogens with zero attached hydrogens (tertiary/aromatic N) is 3. The number of benzene rings is 2. The van der Waals surface area contributed by atoms with Gasteiger partial charge < -0.3 is 14.0 Å². The molecule has 5 rings (SSSR count). The van der Waals surface area contributed by atoms with Crippen molar-refractivity contribution >= 4 is 15.7 Å². The zero-order chi connectivity index (χ0) is 22.1. The average molecular weight is 449 g/mol. The number of ether oxygens (including phenoxy) is 2. The van der Waals surface area contributed by atoms with Crippen LogP contribution in [0.5, 0.6) is 17.4 Å². The number of anilines is 1. The third-order valence-electron chi connectivity index (χ3n) is 4.97. The minimum atomic E-state index is -3.71. The Morgan fingerprint density at radius 1 is 1.03 bits per heavy atom. The van der Waals surface area contributed by atoms with Gasteiger partial charge in [-0.15, -0.1) is 0 Å². The molecule has 0 saturated carbocycles. The predicted molar refractivity (Wildman–Crippen MR) is 119 cm³/mol. The van der Waals surface area contributed by atoms with E-state index in [0.717, 1.165) is 11.3 Å². The zero-order valence-electron chi connectivity index (χ0n) is 17.2. The van der Waals surface area contributed by atoms with Crippen LogP contribution in [0.25, 0.3) is 5.82 Å². The number of sulfonamides is 1. The van der Waals surface area contributed by atoms with Gasteiger partial charge in [0.05, 0.1) is 11.5 Å². The molecule has 0 bridgehead atoms. The van der Waals surface area contributed by atoms with Crippen molar-refractivity contribution in [3.63, 3.8) is 0 Å². The molecule has 32 heavy (non-hydrogen) atoms. The van der Waals surface area contributed by atoms with Gasteiger partial charge >= 0.3 is 0 Å². The standard InChI is InChI=1S/C23H20N4O4S/c1-16-24-22(27-11-2-3-12-27)15-23(25-16)31-19-6-4-18(5-7-19)26-32(28,29)20-8-9-21-17(14-20)10-13-30-21/h2-9,11-12,14-15,26H,10,13H2,1H3. The molecule has 162 valence electrons. The summed E-state index contributed by atoms with van der Waals surface area (Å²) in [4.78, 5) is 8.94. The molecule has 2 aromatic heterocycles. The van der Waals surface area contributed by atoms with E-state index in [4.69, 9.17) is 9.47 Å². The first-order valence-corrected chi connectivity index (χ1v) is 11.5. The van der Waals surface area contributed by atoms with Crippen molar-refractivity contribution in [2.45, 2.75) is 18.2 Å². The smallest absolute Gasteiger partial charge is 0.261 e. The van der Waals surface area contributed by atoms with Gasteiger partial charge in [0, 0.05) is 30.6 Å². The van der Waals surface area contributed by atoms with E-state index in [2.05, 4.69) is 14.7 Å². The molecule has 0 aliphatic carbocycles. The largest absolute Gasteiger partial charge is 0.493 e. The lowest BCUT2D eigenvalue weighted by Crippen LogP contribution is -2.13. The molecule has 0 spiro atoms. The molecule has 0 saturated heterocycles. The summed E-state index contributed by atoms with van der Waals surface area (Å²) in [5, 5.41) is 0. The van der Waals surface area contributed by atoms with E-state index in [1.54, 1.807) is 55.5 Å². The average Bonchev–Trinajstić information content (AvgIpc) is 3.46. The number of fused-ring (bicyclic) bond motifs is 1. The maximum absolute atomic E-state index is 12.8. The first-order valence-electron chi connectivity index (χ1n) is 10.0. The van der Waals surface area contributed by atoms with Gasteiger partial charge in [-0.3, -0.25) is 4.72 Å². The Morgan fingerprint density at radius 2 is 1.81 bits per heavy atom. The normalized spacial score (nSPS) is 12.8. The second-order valence-corrected chi connectivity index (χ2v) is 8.98. The Bertz CT molecular complexity index is 1370. The van der Waals surface area contributed by atoms with E-state index in [1.807, 2.05) is 29.1 Å². The first-order chi connectivity index (χ1) is 15.5. The fraction of sp³-hybridized carbons (Fsp3) is 0.130. The van der Waals surface area contributed by atoms with Crippen molar-refractivity contribution in [3.8, 4) is 23.2 Å². The number of aryl methyl sites for hydroxylation is 1. The van der Waals surface area contributed by atoms with E-state index in [9.17, 15) is 8.42 Å². The fourth-order valence-corrected chi connectivity index (χ4v) is 4.56. The predicted octanol–water partition coefficient (Wildman–Crippen LogP) is 4.10. The molecule has 0 unspecified atom stereocenters. The summed E-state index contributed by atoms with van der Waals surface area (Å²) in [6, 6.07) is 17.1. The third-order valence-corrected chi connectivity index (χ3v) is 6.35. The van der Waals surface area contributed by atoms with Crippen LogP contribution >= 0.6 is 0 Å². The van der Waals surface area contributed by atoms with Crippen LogP contribution in [0.1, 0.15) is 11.4 Å². The van der Waals surface area contributed by atoms with Crippen LogP contribution in [-0.4, -0.2) is 29.6 Å². The number of hydrogen-bond acceptors (Lipinski definition) is 6. The lowest BCUT2D eigenvalue weighted by Gasteiger charge is -2.11. The van der Waals surface area contributed by atoms with Crippen LogP contribution in [0.4, 0.5) is 5.69 Å². The lowest BCUT2D eigenvalue weighted by atomic mass is 10.2. The molecular formula is C23H20N4O4S. The number of rotatable bonds is 6. The number of hydrogen-bond donors (Lipinski definition) is 1. The van der Waals surface area contributed by atoms with Crippen LogP contribution in [0.3, 0.4) is 0 Å². The highest BCUT2D eigenvalue weighted by atomic mass is 32.2. The van der Waals surface area contributed by atoms with E-state index in [0.29, 0.717) is 42.0 Å². The molecule has 0 radical (unpaired) electrons. The summed E-state index contributed by atoms with van der Waals surface area (Å²) >= 11 is 0. The van der Waals surface area contributed by atoms with E-state index >= 15 is 0 Å². The maximum atomic E-state index is 12.8. The van der Waals surface area contributed by atoms with Crippen LogP contribution < -0.4 is 14.2 Å². The van der Waals surface area contributed by atoms with Crippen LogP contribution in [0, 0.1) is 6.92 Å². The quantitative estimate of drug-likeness (QED) is 0.477. The van der Waals surface area contributed by atoms with Crippen LogP contribution in [-0.2, 0) is 16.4 Å². The van der Waals surface area contributed by atoms with Crippen molar-refractivity contribution in [1.29, 1.82) is 0 Å². The van der Waals surface area contributed by atoms with Crippen molar-refractivity contribution in [2.24, 2.45) is 0 Å². The van der Waals surface area contributed by atoms with Crippen LogP contribution in [0.2, 0.25) is 0 Å². The molecule has 1 aliphatic heterocycles. The van der Waals surface area contributed by atoms with Gasteiger partial charge in [-0.1, -0.05) is 0 Å². The number of nitrogens with one attached hydrogen (secondary N) is 1. The minimum absolute atomic E-state index is 0.205. The minimum Gasteiger partial charge on any atom is -0.493 e. The summed E-state index contributed by atoms with van der Waals surface area (Å²) in [6.45, 7) is 2.37. The zero-order valence-corrected chi connectivity index (χ0v) is 18.0.